The molecule has 0 aromatic heterocycles. The third-order valence-corrected chi connectivity index (χ3v) is 5.22. The topological polar surface area (TPSA) is 26.3 Å². The summed E-state index contributed by atoms with van der Waals surface area (Å²) in [6.07, 6.45) is 8.79. The van der Waals surface area contributed by atoms with Gasteiger partial charge in [-0.2, -0.15) is 0 Å². The van der Waals surface area contributed by atoms with E-state index in [1.54, 1.807) is 6.92 Å². The Morgan fingerprint density at radius 1 is 1.10 bits per heavy atom. The lowest BCUT2D eigenvalue weighted by atomic mass is 9.68. The van der Waals surface area contributed by atoms with E-state index in [1.165, 1.54) is 38.5 Å². The molecule has 0 aromatic carbocycles. The summed E-state index contributed by atoms with van der Waals surface area (Å²) in [4.78, 5) is 11.3. The first-order chi connectivity index (χ1) is 9.49. The van der Waals surface area contributed by atoms with E-state index in [0.29, 0.717) is 11.8 Å². The smallest absolute Gasteiger partial charge is 0.302 e. The van der Waals surface area contributed by atoms with Crippen molar-refractivity contribution in [3.8, 4) is 0 Å². The number of carbonyl (C=O) groups is 1. The van der Waals surface area contributed by atoms with Crippen LogP contribution in [0.4, 0.5) is 0 Å². The molecule has 0 saturated heterocycles. The average molecular weight is 282 g/mol. The largest absolute Gasteiger partial charge is 0.462 e. The Morgan fingerprint density at radius 2 is 1.70 bits per heavy atom. The van der Waals surface area contributed by atoms with Crippen molar-refractivity contribution < 1.29 is 9.53 Å². The number of esters is 1. The van der Waals surface area contributed by atoms with Gasteiger partial charge in [-0.15, -0.1) is 0 Å². The standard InChI is InChI=1S/C18H34O2/c1-6-8-13(3)16-10-11-18(20-15(5)19)17(12-16)14(4)9-7-2/h13-14,16-18H,6-12H2,1-5H3/t13-,14+,16-,17+,18+/m1/s1. The second-order valence-electron chi connectivity index (χ2n) is 6.92. The molecular weight excluding hydrogens is 248 g/mol. The molecule has 2 heteroatoms. The van der Waals surface area contributed by atoms with Gasteiger partial charge < -0.3 is 4.74 Å². The summed E-state index contributed by atoms with van der Waals surface area (Å²) in [6.45, 7) is 10.8. The van der Waals surface area contributed by atoms with Crippen LogP contribution >= 0.6 is 0 Å². The van der Waals surface area contributed by atoms with Crippen LogP contribution < -0.4 is 0 Å². The molecule has 0 heterocycles. The summed E-state index contributed by atoms with van der Waals surface area (Å²) < 4.78 is 5.62. The van der Waals surface area contributed by atoms with E-state index < -0.39 is 0 Å². The predicted molar refractivity (Wildman–Crippen MR) is 84.5 cm³/mol. The van der Waals surface area contributed by atoms with Crippen molar-refractivity contribution in [1.82, 2.24) is 0 Å². The van der Waals surface area contributed by atoms with Crippen LogP contribution in [0, 0.1) is 23.7 Å². The first-order valence-electron chi connectivity index (χ1n) is 8.66. The van der Waals surface area contributed by atoms with Gasteiger partial charge in [0.1, 0.15) is 6.10 Å². The van der Waals surface area contributed by atoms with Crippen LogP contribution in [-0.2, 0) is 9.53 Å². The normalized spacial score (nSPS) is 29.8. The van der Waals surface area contributed by atoms with Crippen molar-refractivity contribution in [2.24, 2.45) is 23.7 Å². The minimum Gasteiger partial charge on any atom is -0.462 e. The highest BCUT2D eigenvalue weighted by atomic mass is 16.5. The Labute approximate surface area is 125 Å². The Hall–Kier alpha value is -0.530. The maximum atomic E-state index is 11.3. The second kappa shape index (κ2) is 8.69. The molecule has 0 aliphatic heterocycles. The first-order valence-corrected chi connectivity index (χ1v) is 8.66. The van der Waals surface area contributed by atoms with Gasteiger partial charge in [-0.3, -0.25) is 4.79 Å². The van der Waals surface area contributed by atoms with Crippen molar-refractivity contribution in [2.75, 3.05) is 0 Å². The van der Waals surface area contributed by atoms with Crippen LogP contribution in [0.15, 0.2) is 0 Å². The zero-order valence-corrected chi connectivity index (χ0v) is 14.2. The fourth-order valence-electron chi connectivity index (χ4n) is 4.05. The maximum Gasteiger partial charge on any atom is 0.302 e. The third-order valence-electron chi connectivity index (χ3n) is 5.22. The molecule has 0 amide bonds. The van der Waals surface area contributed by atoms with Crippen LogP contribution in [0.25, 0.3) is 0 Å². The van der Waals surface area contributed by atoms with Crippen molar-refractivity contribution in [3.63, 3.8) is 0 Å². The molecule has 0 bridgehead atoms. The van der Waals surface area contributed by atoms with E-state index in [2.05, 4.69) is 27.7 Å². The number of ether oxygens (including phenoxy) is 1. The van der Waals surface area contributed by atoms with Gasteiger partial charge in [-0.1, -0.05) is 53.4 Å². The zero-order chi connectivity index (χ0) is 15.1. The fraction of sp³-hybridized carbons (Fsp3) is 0.944. The number of hydrogen-bond donors (Lipinski definition) is 0. The Kier molecular flexibility index (Phi) is 7.61. The van der Waals surface area contributed by atoms with Crippen LogP contribution in [0.2, 0.25) is 0 Å². The molecule has 2 nitrogen and oxygen atoms in total. The van der Waals surface area contributed by atoms with Crippen molar-refractivity contribution in [3.05, 3.63) is 0 Å². The lowest BCUT2D eigenvalue weighted by Crippen LogP contribution is -2.38. The molecule has 0 radical (unpaired) electrons. The highest BCUT2D eigenvalue weighted by Gasteiger charge is 2.36. The van der Waals surface area contributed by atoms with Gasteiger partial charge in [0.2, 0.25) is 0 Å². The molecule has 0 spiro atoms. The van der Waals surface area contributed by atoms with Gasteiger partial charge in [-0.25, -0.2) is 0 Å². The fourth-order valence-corrected chi connectivity index (χ4v) is 4.05. The maximum absolute atomic E-state index is 11.3. The van der Waals surface area contributed by atoms with Crippen LogP contribution in [0.3, 0.4) is 0 Å². The van der Waals surface area contributed by atoms with Gasteiger partial charge in [0.15, 0.2) is 0 Å². The molecule has 0 N–H and O–H groups in total. The van der Waals surface area contributed by atoms with E-state index in [-0.39, 0.29) is 12.1 Å². The van der Waals surface area contributed by atoms with Crippen LogP contribution in [0.1, 0.15) is 79.6 Å². The first kappa shape index (κ1) is 17.5. The molecule has 1 fully saturated rings. The van der Waals surface area contributed by atoms with E-state index in [1.807, 2.05) is 0 Å². The molecule has 118 valence electrons. The van der Waals surface area contributed by atoms with Crippen molar-refractivity contribution in [1.29, 1.82) is 0 Å². The van der Waals surface area contributed by atoms with Crippen LogP contribution in [0.5, 0.6) is 0 Å². The van der Waals surface area contributed by atoms with Crippen molar-refractivity contribution >= 4 is 5.97 Å². The average Bonchev–Trinajstić information content (AvgIpc) is 2.39. The van der Waals surface area contributed by atoms with Gasteiger partial charge in [-0.05, 0) is 42.9 Å². The van der Waals surface area contributed by atoms with E-state index in [4.69, 9.17) is 4.74 Å². The van der Waals surface area contributed by atoms with E-state index in [0.717, 1.165) is 18.3 Å². The summed E-state index contributed by atoms with van der Waals surface area (Å²) in [5, 5.41) is 0. The molecule has 20 heavy (non-hydrogen) atoms. The number of hydrogen-bond acceptors (Lipinski definition) is 2. The molecule has 0 unspecified atom stereocenters. The minimum absolute atomic E-state index is 0.108. The number of carbonyl (C=O) groups excluding carboxylic acids is 1. The molecule has 1 rings (SSSR count). The summed E-state index contributed by atoms with van der Waals surface area (Å²) in [5.74, 6) is 2.77. The monoisotopic (exact) mass is 282 g/mol. The van der Waals surface area contributed by atoms with Crippen LogP contribution in [-0.4, -0.2) is 12.1 Å². The quantitative estimate of drug-likeness (QED) is 0.599. The molecule has 1 aliphatic carbocycles. The molecular formula is C18H34O2. The third kappa shape index (κ3) is 5.10. The highest BCUT2D eigenvalue weighted by molar-refractivity contribution is 5.66. The predicted octanol–water partition coefficient (Wildman–Crippen LogP) is 5.21. The minimum atomic E-state index is -0.108. The second-order valence-corrected chi connectivity index (χ2v) is 6.92. The summed E-state index contributed by atoms with van der Waals surface area (Å²) in [5.41, 5.74) is 0. The Balaban J connectivity index is 2.69. The SMILES string of the molecule is CCC[C@@H](C)[C@@H]1CC[C@H](OC(C)=O)[C@H]([C@@H](C)CCC)C1. The van der Waals surface area contributed by atoms with Gasteiger partial charge in [0, 0.05) is 6.92 Å². The zero-order valence-electron chi connectivity index (χ0n) is 14.2. The van der Waals surface area contributed by atoms with Crippen molar-refractivity contribution in [2.45, 2.75) is 85.7 Å². The summed E-state index contributed by atoms with van der Waals surface area (Å²) >= 11 is 0. The molecule has 1 saturated carbocycles. The molecule has 1 aliphatic rings. The van der Waals surface area contributed by atoms with E-state index >= 15 is 0 Å². The van der Waals surface area contributed by atoms with E-state index in [9.17, 15) is 4.79 Å². The molecule has 0 aromatic rings. The lowest BCUT2D eigenvalue weighted by molar-refractivity contribution is -0.153. The van der Waals surface area contributed by atoms with Gasteiger partial charge >= 0.3 is 5.97 Å². The number of rotatable bonds is 7. The summed E-state index contributed by atoms with van der Waals surface area (Å²) in [7, 11) is 0. The van der Waals surface area contributed by atoms with Gasteiger partial charge in [0.25, 0.3) is 0 Å². The molecule has 5 atom stereocenters. The lowest BCUT2D eigenvalue weighted by Gasteiger charge is -2.41. The highest BCUT2D eigenvalue weighted by Crippen LogP contribution is 2.41. The Bertz CT molecular complexity index is 287. The summed E-state index contributed by atoms with van der Waals surface area (Å²) in [6, 6.07) is 0. The Morgan fingerprint density at radius 3 is 2.25 bits per heavy atom. The van der Waals surface area contributed by atoms with Gasteiger partial charge in [0.05, 0.1) is 0 Å².